The van der Waals surface area contributed by atoms with Gasteiger partial charge in [0.25, 0.3) is 5.91 Å². The number of esters is 1. The van der Waals surface area contributed by atoms with Gasteiger partial charge < -0.3 is 18.6 Å². The van der Waals surface area contributed by atoms with Crippen LogP contribution < -0.4 is 19.8 Å². The van der Waals surface area contributed by atoms with Gasteiger partial charge in [-0.2, -0.15) is 0 Å². The van der Waals surface area contributed by atoms with Gasteiger partial charge in [0, 0.05) is 10.2 Å². The largest absolute Gasteiger partial charge is 0.490 e. The third-order valence-corrected chi connectivity index (χ3v) is 7.32. The lowest BCUT2D eigenvalue weighted by molar-refractivity contribution is 0.0526. The molecule has 0 saturated carbocycles. The lowest BCUT2D eigenvalue weighted by Crippen LogP contribution is -2.29. The summed E-state index contributed by atoms with van der Waals surface area (Å²) in [7, 11) is 0. The van der Waals surface area contributed by atoms with E-state index < -0.39 is 17.9 Å². The predicted octanol–water partition coefficient (Wildman–Crippen LogP) is 7.06. The number of hydrogen-bond donors (Lipinski definition) is 0. The fraction of sp³-hybridized carbons (Fsp3) is 0.281. The first-order valence-electron chi connectivity index (χ1n) is 13.6. The number of hydrogen-bond acceptors (Lipinski definition) is 7. The zero-order valence-electron chi connectivity index (χ0n) is 23.1. The Balaban J connectivity index is 1.68. The Kier molecular flexibility index (Phi) is 8.44. The molecule has 0 saturated heterocycles. The van der Waals surface area contributed by atoms with Crippen molar-refractivity contribution in [3.05, 3.63) is 97.8 Å². The Morgan fingerprint density at radius 3 is 2.41 bits per heavy atom. The van der Waals surface area contributed by atoms with E-state index in [0.29, 0.717) is 52.5 Å². The van der Waals surface area contributed by atoms with E-state index in [-0.39, 0.29) is 23.4 Å². The summed E-state index contributed by atoms with van der Waals surface area (Å²) in [5.41, 5.74) is 1.75. The number of carbonyl (C=O) groups excluding carboxylic acids is 2. The van der Waals surface area contributed by atoms with Gasteiger partial charge >= 0.3 is 5.97 Å². The predicted molar refractivity (Wildman–Crippen MR) is 159 cm³/mol. The van der Waals surface area contributed by atoms with Crippen LogP contribution in [0, 0.1) is 0 Å². The molecule has 0 spiro atoms. The number of amides is 1. The minimum atomic E-state index is -0.811. The Morgan fingerprint density at radius 2 is 1.71 bits per heavy atom. The molecule has 2 heterocycles. The maximum atomic E-state index is 14.0. The van der Waals surface area contributed by atoms with Crippen molar-refractivity contribution in [3.8, 4) is 11.5 Å². The van der Waals surface area contributed by atoms with Crippen LogP contribution in [0.3, 0.4) is 0 Å². The van der Waals surface area contributed by atoms with Crippen molar-refractivity contribution in [2.45, 2.75) is 39.7 Å². The highest BCUT2D eigenvalue weighted by Crippen LogP contribution is 2.43. The molecular weight excluding hydrogens is 590 g/mol. The van der Waals surface area contributed by atoms with Crippen LogP contribution in [0.2, 0.25) is 0 Å². The molecule has 1 atom stereocenters. The molecule has 0 aliphatic carbocycles. The van der Waals surface area contributed by atoms with Crippen LogP contribution in [0.4, 0.5) is 5.69 Å². The highest BCUT2D eigenvalue weighted by atomic mass is 79.9. The van der Waals surface area contributed by atoms with Gasteiger partial charge in [-0.25, -0.2) is 4.79 Å². The zero-order chi connectivity index (χ0) is 29.1. The molecule has 8 nitrogen and oxygen atoms in total. The number of halogens is 1. The van der Waals surface area contributed by atoms with E-state index in [1.165, 1.54) is 4.90 Å². The van der Waals surface area contributed by atoms with E-state index in [0.717, 1.165) is 17.3 Å². The van der Waals surface area contributed by atoms with Gasteiger partial charge in [0.2, 0.25) is 5.76 Å². The van der Waals surface area contributed by atoms with Crippen LogP contribution in [-0.4, -0.2) is 31.7 Å². The van der Waals surface area contributed by atoms with Gasteiger partial charge in [0.15, 0.2) is 16.9 Å². The Hall–Kier alpha value is -4.11. The number of benzene rings is 3. The molecule has 1 aliphatic heterocycles. The average molecular weight is 620 g/mol. The molecule has 41 heavy (non-hydrogen) atoms. The third-order valence-electron chi connectivity index (χ3n) is 6.83. The van der Waals surface area contributed by atoms with Crippen molar-refractivity contribution < 1.29 is 28.2 Å². The van der Waals surface area contributed by atoms with Crippen molar-refractivity contribution in [1.29, 1.82) is 0 Å². The first-order valence-corrected chi connectivity index (χ1v) is 14.4. The quantitative estimate of drug-likeness (QED) is 0.138. The lowest BCUT2D eigenvalue weighted by atomic mass is 9.97. The molecule has 4 aromatic rings. The number of nitrogens with zero attached hydrogens (tertiary/aromatic N) is 1. The zero-order valence-corrected chi connectivity index (χ0v) is 24.7. The van der Waals surface area contributed by atoms with E-state index in [9.17, 15) is 14.4 Å². The van der Waals surface area contributed by atoms with Crippen molar-refractivity contribution in [3.63, 3.8) is 0 Å². The summed E-state index contributed by atoms with van der Waals surface area (Å²) in [4.78, 5) is 41.7. The van der Waals surface area contributed by atoms with Gasteiger partial charge in [-0.1, -0.05) is 35.3 Å². The third kappa shape index (κ3) is 5.46. The highest BCUT2D eigenvalue weighted by Gasteiger charge is 2.44. The van der Waals surface area contributed by atoms with E-state index >= 15 is 0 Å². The van der Waals surface area contributed by atoms with Crippen LogP contribution in [0.25, 0.3) is 11.0 Å². The molecule has 1 unspecified atom stereocenters. The summed E-state index contributed by atoms with van der Waals surface area (Å²) in [5.74, 6) is 0.170. The first kappa shape index (κ1) is 28.4. The van der Waals surface area contributed by atoms with Crippen LogP contribution in [-0.2, 0) is 4.74 Å². The molecule has 0 bridgehead atoms. The number of ether oxygens (including phenoxy) is 3. The Morgan fingerprint density at radius 1 is 0.927 bits per heavy atom. The van der Waals surface area contributed by atoms with Gasteiger partial charge in [-0.15, -0.1) is 0 Å². The topological polar surface area (TPSA) is 95.3 Å². The summed E-state index contributed by atoms with van der Waals surface area (Å²) >= 11 is 3.43. The SMILES string of the molecule is CCCCOc1ccc(C2c3c(oc4ccc(Br)cc4c3=O)C(=O)N2c2ccc(C(=O)OCC)cc2)cc1OCC. The van der Waals surface area contributed by atoms with E-state index in [2.05, 4.69) is 22.9 Å². The molecule has 0 fully saturated rings. The standard InChI is InChI=1S/C32H30BrNO7/c1-4-7-16-40-25-14-10-20(17-26(25)38-5-2)28-27-29(35)23-18-21(33)11-15-24(23)41-30(27)31(36)34(28)22-12-8-19(9-13-22)32(37)39-6-3/h8-15,17-18,28H,4-7,16H2,1-3H3. The van der Waals surface area contributed by atoms with Crippen molar-refractivity contribution in [1.82, 2.24) is 0 Å². The molecule has 212 valence electrons. The molecule has 1 aromatic heterocycles. The molecule has 0 radical (unpaired) electrons. The monoisotopic (exact) mass is 619 g/mol. The highest BCUT2D eigenvalue weighted by molar-refractivity contribution is 9.10. The normalized spacial score (nSPS) is 14.3. The van der Waals surface area contributed by atoms with Crippen LogP contribution in [0.5, 0.6) is 11.5 Å². The molecule has 1 aliphatic rings. The second-order valence-electron chi connectivity index (χ2n) is 9.50. The van der Waals surface area contributed by atoms with Crippen molar-refractivity contribution in [2.75, 3.05) is 24.7 Å². The number of anilines is 1. The second kappa shape index (κ2) is 12.2. The molecule has 5 rings (SSSR count). The van der Waals surface area contributed by atoms with Gasteiger partial charge in [-0.3, -0.25) is 14.5 Å². The summed E-state index contributed by atoms with van der Waals surface area (Å²) in [6.07, 6.45) is 1.89. The smallest absolute Gasteiger partial charge is 0.338 e. The first-order chi connectivity index (χ1) is 19.9. The lowest BCUT2D eigenvalue weighted by Gasteiger charge is -2.26. The van der Waals surface area contributed by atoms with Gasteiger partial charge in [0.05, 0.1) is 42.4 Å². The second-order valence-corrected chi connectivity index (χ2v) is 10.4. The van der Waals surface area contributed by atoms with Gasteiger partial charge in [0.1, 0.15) is 5.58 Å². The Labute approximate surface area is 245 Å². The number of carbonyl (C=O) groups is 2. The molecule has 3 aromatic carbocycles. The summed E-state index contributed by atoms with van der Waals surface area (Å²) in [6.45, 7) is 6.91. The van der Waals surface area contributed by atoms with E-state index in [4.69, 9.17) is 18.6 Å². The minimum absolute atomic E-state index is 0.0227. The average Bonchev–Trinajstić information content (AvgIpc) is 3.27. The van der Waals surface area contributed by atoms with Crippen LogP contribution in [0.1, 0.15) is 71.7 Å². The fourth-order valence-electron chi connectivity index (χ4n) is 4.91. The summed E-state index contributed by atoms with van der Waals surface area (Å²) in [6, 6.07) is 16.3. The number of fused-ring (bicyclic) bond motifs is 2. The summed E-state index contributed by atoms with van der Waals surface area (Å²) < 4.78 is 23.8. The molecule has 1 amide bonds. The van der Waals surface area contributed by atoms with E-state index in [1.807, 2.05) is 19.1 Å². The van der Waals surface area contributed by atoms with E-state index in [1.54, 1.807) is 55.5 Å². The number of unbranched alkanes of at least 4 members (excludes halogenated alkanes) is 1. The maximum absolute atomic E-state index is 14.0. The maximum Gasteiger partial charge on any atom is 0.338 e. The molecule has 0 N–H and O–H groups in total. The van der Waals surface area contributed by atoms with Crippen molar-refractivity contribution in [2.24, 2.45) is 0 Å². The summed E-state index contributed by atoms with van der Waals surface area (Å²) in [5, 5.41) is 0.361. The fourth-order valence-corrected chi connectivity index (χ4v) is 5.27. The van der Waals surface area contributed by atoms with Gasteiger partial charge in [-0.05, 0) is 80.4 Å². The molecule has 9 heteroatoms. The number of rotatable bonds is 10. The van der Waals surface area contributed by atoms with Crippen LogP contribution in [0.15, 0.2) is 74.3 Å². The van der Waals surface area contributed by atoms with Crippen molar-refractivity contribution >= 4 is 44.5 Å². The minimum Gasteiger partial charge on any atom is -0.490 e. The Bertz CT molecular complexity index is 1660. The van der Waals surface area contributed by atoms with Crippen LogP contribution >= 0.6 is 15.9 Å². The molecular formula is C32H30BrNO7.